The largest absolute Gasteiger partial charge is 0.377 e. The molecule has 0 spiro atoms. The van der Waals surface area contributed by atoms with Gasteiger partial charge in [-0.1, -0.05) is 18.2 Å². The van der Waals surface area contributed by atoms with Crippen LogP contribution in [0.15, 0.2) is 71.9 Å². The van der Waals surface area contributed by atoms with Crippen molar-refractivity contribution in [2.45, 2.75) is 13.5 Å². The Bertz CT molecular complexity index is 1410. The third-order valence-corrected chi connectivity index (χ3v) is 5.32. The van der Waals surface area contributed by atoms with E-state index in [2.05, 4.69) is 27.6 Å². The fourth-order valence-corrected chi connectivity index (χ4v) is 3.75. The first-order valence-corrected chi connectivity index (χ1v) is 10.4. The van der Waals surface area contributed by atoms with Gasteiger partial charge in [-0.3, -0.25) is 9.56 Å². The SMILES string of the molecule is Cc1cccc(-c2nc(CNc3ccccc3F)cn2-c2ccc3c(c2)=CN(C)CN=3)n1. The average Bonchev–Trinajstić information content (AvgIpc) is 3.22. The first-order valence-electron chi connectivity index (χ1n) is 10.4. The molecule has 7 heteroatoms. The molecule has 5 rings (SSSR count). The molecule has 3 heterocycles. The molecular formula is C25H23FN6. The zero-order valence-corrected chi connectivity index (χ0v) is 18.0. The molecule has 1 aliphatic rings. The van der Waals surface area contributed by atoms with Crippen LogP contribution in [0.4, 0.5) is 10.1 Å². The molecule has 0 unspecified atom stereocenters. The fraction of sp³-hybridized carbons (Fsp3) is 0.160. The number of nitrogens with zero attached hydrogens (tertiary/aromatic N) is 5. The van der Waals surface area contributed by atoms with Crippen LogP contribution in [0.25, 0.3) is 23.4 Å². The van der Waals surface area contributed by atoms with Gasteiger partial charge < -0.3 is 10.2 Å². The minimum Gasteiger partial charge on any atom is -0.377 e. The molecule has 32 heavy (non-hydrogen) atoms. The van der Waals surface area contributed by atoms with Crippen LogP contribution < -0.4 is 15.9 Å². The number of anilines is 1. The summed E-state index contributed by atoms with van der Waals surface area (Å²) in [5, 5.41) is 5.17. The van der Waals surface area contributed by atoms with E-state index < -0.39 is 0 Å². The normalized spacial score (nSPS) is 12.7. The number of hydrogen-bond donors (Lipinski definition) is 1. The van der Waals surface area contributed by atoms with Crippen molar-refractivity contribution >= 4 is 11.9 Å². The van der Waals surface area contributed by atoms with Gasteiger partial charge >= 0.3 is 0 Å². The molecule has 0 aliphatic carbocycles. The Labute approximate surface area is 185 Å². The number of hydrogen-bond acceptors (Lipinski definition) is 5. The Morgan fingerprint density at radius 3 is 2.75 bits per heavy atom. The summed E-state index contributed by atoms with van der Waals surface area (Å²) in [7, 11) is 2.00. The standard InChI is InChI=1S/C25H23FN6/c1-17-6-5-9-24(29-17)25-30-19(13-27-23-8-4-3-7-21(23)26)15-32(25)20-10-11-22-18(12-20)14-31(2)16-28-22/h3-12,14-15,27H,13,16H2,1-2H3. The first kappa shape index (κ1) is 19.9. The van der Waals surface area contributed by atoms with E-state index in [9.17, 15) is 4.39 Å². The second kappa shape index (κ2) is 8.26. The molecule has 1 aliphatic heterocycles. The van der Waals surface area contributed by atoms with Gasteiger partial charge in [0, 0.05) is 36.0 Å². The van der Waals surface area contributed by atoms with Gasteiger partial charge in [0.2, 0.25) is 0 Å². The number of aryl methyl sites for hydroxylation is 1. The first-order chi connectivity index (χ1) is 15.6. The molecule has 0 radical (unpaired) electrons. The quantitative estimate of drug-likeness (QED) is 0.532. The monoisotopic (exact) mass is 426 g/mol. The minimum absolute atomic E-state index is 0.286. The van der Waals surface area contributed by atoms with Crippen molar-refractivity contribution in [3.63, 3.8) is 0 Å². The van der Waals surface area contributed by atoms with Gasteiger partial charge in [-0.25, -0.2) is 14.4 Å². The number of aromatic nitrogens is 3. The molecule has 0 amide bonds. The summed E-state index contributed by atoms with van der Waals surface area (Å²) < 4.78 is 16.1. The lowest BCUT2D eigenvalue weighted by atomic mass is 10.2. The van der Waals surface area contributed by atoms with Gasteiger partial charge in [-0.05, 0) is 49.4 Å². The van der Waals surface area contributed by atoms with Crippen molar-refractivity contribution in [1.82, 2.24) is 19.4 Å². The second-order valence-electron chi connectivity index (χ2n) is 7.85. The highest BCUT2D eigenvalue weighted by molar-refractivity contribution is 5.56. The molecule has 2 aromatic heterocycles. The van der Waals surface area contributed by atoms with E-state index in [4.69, 9.17) is 4.98 Å². The summed E-state index contributed by atoms with van der Waals surface area (Å²) in [4.78, 5) is 16.2. The predicted molar refractivity (Wildman–Crippen MR) is 123 cm³/mol. The lowest BCUT2D eigenvalue weighted by Crippen LogP contribution is -2.34. The van der Waals surface area contributed by atoms with Crippen LogP contribution in [0.5, 0.6) is 0 Å². The zero-order valence-electron chi connectivity index (χ0n) is 18.0. The second-order valence-corrected chi connectivity index (χ2v) is 7.85. The molecule has 1 N–H and O–H groups in total. The molecule has 0 atom stereocenters. The molecule has 2 aromatic carbocycles. The zero-order chi connectivity index (χ0) is 22.1. The van der Waals surface area contributed by atoms with Gasteiger partial charge in [0.1, 0.15) is 18.2 Å². The summed E-state index contributed by atoms with van der Waals surface area (Å²) in [6, 6.07) is 18.7. The van der Waals surface area contributed by atoms with Crippen molar-refractivity contribution in [2.75, 3.05) is 19.0 Å². The van der Waals surface area contributed by atoms with Gasteiger partial charge in [0.05, 0.1) is 23.3 Å². The number of benzene rings is 2. The van der Waals surface area contributed by atoms with Crippen LogP contribution in [0.1, 0.15) is 11.4 Å². The van der Waals surface area contributed by atoms with E-state index in [1.165, 1.54) is 6.07 Å². The average molecular weight is 426 g/mol. The van der Waals surface area contributed by atoms with Gasteiger partial charge in [-0.15, -0.1) is 0 Å². The van der Waals surface area contributed by atoms with E-state index in [1.54, 1.807) is 18.2 Å². The minimum atomic E-state index is -0.286. The Morgan fingerprint density at radius 2 is 1.91 bits per heavy atom. The number of pyridine rings is 1. The summed E-state index contributed by atoms with van der Waals surface area (Å²) in [5.74, 6) is 0.450. The number of nitrogens with one attached hydrogen (secondary N) is 1. The third-order valence-electron chi connectivity index (χ3n) is 5.32. The Morgan fingerprint density at radius 1 is 1.03 bits per heavy atom. The lowest BCUT2D eigenvalue weighted by Gasteiger charge is -2.15. The lowest BCUT2D eigenvalue weighted by molar-refractivity contribution is 0.498. The van der Waals surface area contributed by atoms with Crippen LogP contribution >= 0.6 is 0 Å². The maximum absolute atomic E-state index is 14.0. The number of imidazole rings is 1. The summed E-state index contributed by atoms with van der Waals surface area (Å²) in [6.07, 6.45) is 4.06. The molecule has 6 nitrogen and oxygen atoms in total. The molecule has 0 saturated heterocycles. The van der Waals surface area contributed by atoms with Gasteiger partial charge in [-0.2, -0.15) is 0 Å². The van der Waals surface area contributed by atoms with Crippen molar-refractivity contribution in [3.8, 4) is 17.2 Å². The number of halogens is 1. The van der Waals surface area contributed by atoms with Gasteiger partial charge in [0.15, 0.2) is 5.82 Å². The Hall–Kier alpha value is -4.00. The Kier molecular flexibility index (Phi) is 5.15. The van der Waals surface area contributed by atoms with Crippen LogP contribution in [-0.4, -0.2) is 33.2 Å². The van der Waals surface area contributed by atoms with Gasteiger partial charge in [0.25, 0.3) is 0 Å². The molecule has 160 valence electrons. The molecular weight excluding hydrogens is 403 g/mol. The van der Waals surface area contributed by atoms with E-state index in [0.29, 0.717) is 18.9 Å². The third kappa shape index (κ3) is 3.97. The maximum atomic E-state index is 14.0. The molecule has 0 saturated carbocycles. The molecule has 0 bridgehead atoms. The number of fused-ring (bicyclic) bond motifs is 1. The predicted octanol–water partition coefficient (Wildman–Crippen LogP) is 3.25. The highest BCUT2D eigenvalue weighted by Gasteiger charge is 2.14. The van der Waals surface area contributed by atoms with Crippen LogP contribution in [0.2, 0.25) is 0 Å². The maximum Gasteiger partial charge on any atom is 0.163 e. The van der Waals surface area contributed by atoms with Crippen LogP contribution in [0, 0.1) is 12.7 Å². The highest BCUT2D eigenvalue weighted by atomic mass is 19.1. The fourth-order valence-electron chi connectivity index (χ4n) is 3.75. The summed E-state index contributed by atoms with van der Waals surface area (Å²) >= 11 is 0. The van der Waals surface area contributed by atoms with Crippen molar-refractivity contribution in [1.29, 1.82) is 0 Å². The van der Waals surface area contributed by atoms with E-state index in [0.717, 1.165) is 39.2 Å². The Balaban J connectivity index is 1.57. The number of rotatable bonds is 5. The number of para-hydroxylation sites is 1. The van der Waals surface area contributed by atoms with Crippen molar-refractivity contribution in [3.05, 3.63) is 94.6 Å². The summed E-state index contributed by atoms with van der Waals surface area (Å²) in [5.41, 5.74) is 3.90. The smallest absolute Gasteiger partial charge is 0.163 e. The van der Waals surface area contributed by atoms with E-state index >= 15 is 0 Å². The summed E-state index contributed by atoms with van der Waals surface area (Å²) in [6.45, 7) is 3.01. The topological polar surface area (TPSA) is 58.3 Å². The van der Waals surface area contributed by atoms with E-state index in [1.807, 2.05) is 60.0 Å². The molecule has 0 fully saturated rings. The molecule has 4 aromatic rings. The van der Waals surface area contributed by atoms with E-state index in [-0.39, 0.29) is 5.82 Å². The highest BCUT2D eigenvalue weighted by Crippen LogP contribution is 2.22. The van der Waals surface area contributed by atoms with Crippen molar-refractivity contribution in [2.24, 2.45) is 4.99 Å². The van der Waals surface area contributed by atoms with Crippen LogP contribution in [-0.2, 0) is 6.54 Å². The van der Waals surface area contributed by atoms with Crippen molar-refractivity contribution < 1.29 is 4.39 Å². The van der Waals surface area contributed by atoms with Crippen LogP contribution in [0.3, 0.4) is 0 Å².